The van der Waals surface area contributed by atoms with Crippen LogP contribution < -0.4 is 14.4 Å². The van der Waals surface area contributed by atoms with Crippen molar-refractivity contribution in [2.45, 2.75) is 9.79 Å². The fraction of sp³-hybridized carbons (Fsp3) is 0.136. The number of hydrogen-bond donors (Lipinski definition) is 1. The minimum absolute atomic E-state index is 0.152. The number of nitrogens with zero attached hydrogens (tertiary/aromatic N) is 1. The molecule has 0 atom stereocenters. The van der Waals surface area contributed by atoms with Gasteiger partial charge in [0.1, 0.15) is 5.75 Å². The van der Waals surface area contributed by atoms with E-state index in [-0.39, 0.29) is 17.4 Å². The summed E-state index contributed by atoms with van der Waals surface area (Å²) in [4.78, 5) is 13.4. The van der Waals surface area contributed by atoms with Crippen molar-refractivity contribution in [2.75, 3.05) is 29.5 Å². The van der Waals surface area contributed by atoms with E-state index >= 15 is 0 Å². The lowest BCUT2D eigenvalue weighted by molar-refractivity contribution is -0.118. The van der Waals surface area contributed by atoms with Crippen LogP contribution in [0.25, 0.3) is 0 Å². The molecule has 3 rings (SSSR count). The number of amides is 1. The highest BCUT2D eigenvalue weighted by Gasteiger charge is 2.20. The Morgan fingerprint density at radius 1 is 1.00 bits per heavy atom. The smallest absolute Gasteiger partial charge is 0.264 e. The van der Waals surface area contributed by atoms with Crippen LogP contribution in [0.2, 0.25) is 0 Å². The predicted octanol–water partition coefficient (Wildman–Crippen LogP) is 4.25. The van der Waals surface area contributed by atoms with Crippen molar-refractivity contribution >= 4 is 39.1 Å². The summed E-state index contributed by atoms with van der Waals surface area (Å²) in [6, 6.07) is 22.3. The zero-order valence-corrected chi connectivity index (χ0v) is 18.2. The van der Waals surface area contributed by atoms with Crippen LogP contribution in [0.5, 0.6) is 5.75 Å². The number of nitrogens with one attached hydrogen (secondary N) is 1. The van der Waals surface area contributed by atoms with Crippen molar-refractivity contribution in [3.8, 4) is 5.75 Å². The highest BCUT2D eigenvalue weighted by molar-refractivity contribution is 7.98. The number of sulfonamides is 1. The van der Waals surface area contributed by atoms with Crippen LogP contribution in [-0.4, -0.2) is 34.2 Å². The Bertz CT molecular complexity index is 1100. The number of rotatable bonds is 8. The van der Waals surface area contributed by atoms with E-state index in [1.54, 1.807) is 66.4 Å². The van der Waals surface area contributed by atoms with Gasteiger partial charge in [0.2, 0.25) is 0 Å². The Morgan fingerprint density at radius 3 is 2.37 bits per heavy atom. The summed E-state index contributed by atoms with van der Waals surface area (Å²) < 4.78 is 32.1. The monoisotopic (exact) mass is 442 g/mol. The van der Waals surface area contributed by atoms with E-state index in [4.69, 9.17) is 4.74 Å². The van der Waals surface area contributed by atoms with E-state index in [2.05, 4.69) is 5.32 Å². The van der Waals surface area contributed by atoms with Gasteiger partial charge in [-0.3, -0.25) is 9.10 Å². The highest BCUT2D eigenvalue weighted by atomic mass is 32.2. The molecule has 1 amide bonds. The Labute approximate surface area is 180 Å². The largest absolute Gasteiger partial charge is 0.484 e. The third kappa shape index (κ3) is 5.34. The van der Waals surface area contributed by atoms with Crippen molar-refractivity contribution < 1.29 is 17.9 Å². The molecular weight excluding hydrogens is 420 g/mol. The Kier molecular flexibility index (Phi) is 7.02. The van der Waals surface area contributed by atoms with Crippen molar-refractivity contribution in [1.82, 2.24) is 0 Å². The topological polar surface area (TPSA) is 75.7 Å². The molecule has 0 bridgehead atoms. The molecule has 0 heterocycles. The van der Waals surface area contributed by atoms with Gasteiger partial charge in [-0.15, -0.1) is 11.8 Å². The minimum Gasteiger partial charge on any atom is -0.484 e. The Morgan fingerprint density at radius 2 is 1.70 bits per heavy atom. The SMILES string of the molecule is CSc1cccc(NC(=O)COc2ccc(N(C)S(=O)(=O)c3ccccc3)cc2)c1. The van der Waals surface area contributed by atoms with Gasteiger partial charge < -0.3 is 10.1 Å². The fourth-order valence-electron chi connectivity index (χ4n) is 2.69. The molecular formula is C22H22N2O4S2. The van der Waals surface area contributed by atoms with Crippen LogP contribution in [0, 0.1) is 0 Å². The van der Waals surface area contributed by atoms with Crippen LogP contribution in [-0.2, 0) is 14.8 Å². The second kappa shape index (κ2) is 9.69. The quantitative estimate of drug-likeness (QED) is 0.528. The van der Waals surface area contributed by atoms with E-state index in [9.17, 15) is 13.2 Å². The third-order valence-electron chi connectivity index (χ3n) is 4.33. The number of ether oxygens (including phenoxy) is 1. The van der Waals surface area contributed by atoms with E-state index in [0.717, 1.165) is 4.90 Å². The molecule has 6 nitrogen and oxygen atoms in total. The lowest BCUT2D eigenvalue weighted by Gasteiger charge is -2.19. The molecule has 0 spiro atoms. The van der Waals surface area contributed by atoms with Gasteiger partial charge in [0.05, 0.1) is 10.6 Å². The Hall–Kier alpha value is -2.97. The third-order valence-corrected chi connectivity index (χ3v) is 6.85. The first-order chi connectivity index (χ1) is 14.4. The minimum atomic E-state index is -3.64. The maximum absolute atomic E-state index is 12.7. The highest BCUT2D eigenvalue weighted by Crippen LogP contribution is 2.24. The molecule has 30 heavy (non-hydrogen) atoms. The molecule has 8 heteroatoms. The average Bonchev–Trinajstić information content (AvgIpc) is 2.78. The fourth-order valence-corrected chi connectivity index (χ4v) is 4.36. The second-order valence-corrected chi connectivity index (χ2v) is 9.20. The molecule has 156 valence electrons. The van der Waals surface area contributed by atoms with Crippen molar-refractivity contribution in [3.05, 3.63) is 78.9 Å². The zero-order chi connectivity index (χ0) is 21.6. The predicted molar refractivity (Wildman–Crippen MR) is 121 cm³/mol. The number of carbonyl (C=O) groups excluding carboxylic acids is 1. The summed E-state index contributed by atoms with van der Waals surface area (Å²) in [5, 5.41) is 2.79. The van der Waals surface area contributed by atoms with Crippen molar-refractivity contribution in [1.29, 1.82) is 0 Å². The number of carbonyl (C=O) groups is 1. The molecule has 0 aliphatic rings. The summed E-state index contributed by atoms with van der Waals surface area (Å²) in [6.45, 7) is -0.152. The molecule has 3 aromatic carbocycles. The van der Waals surface area contributed by atoms with Crippen LogP contribution in [0.4, 0.5) is 11.4 Å². The van der Waals surface area contributed by atoms with E-state index in [0.29, 0.717) is 17.1 Å². The van der Waals surface area contributed by atoms with Gasteiger partial charge in [-0.2, -0.15) is 0 Å². The first-order valence-electron chi connectivity index (χ1n) is 9.11. The van der Waals surface area contributed by atoms with Gasteiger partial charge >= 0.3 is 0 Å². The van der Waals surface area contributed by atoms with Gasteiger partial charge in [-0.1, -0.05) is 24.3 Å². The van der Waals surface area contributed by atoms with E-state index in [1.807, 2.05) is 30.5 Å². The van der Waals surface area contributed by atoms with Gasteiger partial charge in [0.25, 0.3) is 15.9 Å². The summed E-state index contributed by atoms with van der Waals surface area (Å²) in [6.07, 6.45) is 1.97. The average molecular weight is 443 g/mol. The van der Waals surface area contributed by atoms with E-state index < -0.39 is 10.0 Å². The van der Waals surface area contributed by atoms with Gasteiger partial charge in [0, 0.05) is 17.6 Å². The Balaban J connectivity index is 1.59. The van der Waals surface area contributed by atoms with Crippen molar-refractivity contribution in [2.24, 2.45) is 0 Å². The van der Waals surface area contributed by atoms with Crippen LogP contribution in [0.1, 0.15) is 0 Å². The molecule has 0 unspecified atom stereocenters. The van der Waals surface area contributed by atoms with Crippen LogP contribution in [0.15, 0.2) is 88.7 Å². The standard InChI is InChI=1S/C22H22N2O4S2/c1-24(30(26,27)21-9-4-3-5-10-21)18-11-13-19(14-12-18)28-16-22(25)23-17-7-6-8-20(15-17)29-2/h3-15H,16H2,1-2H3,(H,23,25). The lowest BCUT2D eigenvalue weighted by Crippen LogP contribution is -2.26. The van der Waals surface area contributed by atoms with Crippen LogP contribution >= 0.6 is 11.8 Å². The summed E-state index contributed by atoms with van der Waals surface area (Å²) in [7, 11) is -2.15. The molecule has 0 fully saturated rings. The molecule has 0 saturated heterocycles. The zero-order valence-electron chi connectivity index (χ0n) is 16.6. The second-order valence-electron chi connectivity index (χ2n) is 6.35. The number of benzene rings is 3. The van der Waals surface area contributed by atoms with E-state index in [1.165, 1.54) is 11.4 Å². The van der Waals surface area contributed by atoms with Gasteiger partial charge in [0.15, 0.2) is 6.61 Å². The van der Waals surface area contributed by atoms with Crippen LogP contribution in [0.3, 0.4) is 0 Å². The molecule has 0 aromatic heterocycles. The maximum Gasteiger partial charge on any atom is 0.264 e. The van der Waals surface area contributed by atoms with Crippen molar-refractivity contribution in [3.63, 3.8) is 0 Å². The molecule has 0 saturated carbocycles. The molecule has 1 N–H and O–H groups in total. The molecule has 0 aliphatic heterocycles. The van der Waals surface area contributed by atoms with Gasteiger partial charge in [-0.25, -0.2) is 8.42 Å². The number of thioether (sulfide) groups is 1. The normalized spacial score (nSPS) is 11.0. The summed E-state index contributed by atoms with van der Waals surface area (Å²) >= 11 is 1.59. The van der Waals surface area contributed by atoms with Gasteiger partial charge in [-0.05, 0) is 60.9 Å². The number of hydrogen-bond acceptors (Lipinski definition) is 5. The maximum atomic E-state index is 12.7. The number of anilines is 2. The lowest BCUT2D eigenvalue weighted by atomic mass is 10.3. The summed E-state index contributed by atoms with van der Waals surface area (Å²) in [5.41, 5.74) is 1.20. The molecule has 0 radical (unpaired) electrons. The summed E-state index contributed by atoms with van der Waals surface area (Å²) in [5.74, 6) is 0.193. The molecule has 0 aliphatic carbocycles. The first kappa shape index (κ1) is 21.7. The first-order valence-corrected chi connectivity index (χ1v) is 11.8. The molecule has 3 aromatic rings.